The van der Waals surface area contributed by atoms with Crippen LogP contribution in [-0.2, 0) is 4.79 Å². The highest BCUT2D eigenvalue weighted by molar-refractivity contribution is 7.12. The minimum atomic E-state index is -0.145. The van der Waals surface area contributed by atoms with E-state index in [1.54, 1.807) is 44.6 Å². The average Bonchev–Trinajstić information content (AvgIpc) is 3.42. The molecule has 184 valence electrons. The zero-order valence-electron chi connectivity index (χ0n) is 19.8. The molecule has 0 atom stereocenters. The summed E-state index contributed by atoms with van der Waals surface area (Å²) in [6.07, 6.45) is 1.62. The number of hydrogen-bond acceptors (Lipinski definition) is 7. The molecule has 0 bridgehead atoms. The highest BCUT2D eigenvalue weighted by Crippen LogP contribution is 2.38. The van der Waals surface area contributed by atoms with E-state index < -0.39 is 0 Å². The average molecular weight is 496 g/mol. The molecule has 8 nitrogen and oxygen atoms in total. The number of anilines is 2. The molecule has 1 fully saturated rings. The SMILES string of the molecule is COc1cccc(OC)c1OC1CCN(CC(=O)Nc2ccc(NC(=O)c3cccs3)cc2)CC1. The van der Waals surface area contributed by atoms with Gasteiger partial charge >= 0.3 is 0 Å². The first-order chi connectivity index (χ1) is 17.1. The molecule has 0 radical (unpaired) electrons. The summed E-state index contributed by atoms with van der Waals surface area (Å²) in [6, 6.07) is 16.3. The number of amides is 2. The third-order valence-corrected chi connectivity index (χ3v) is 6.61. The molecule has 0 aliphatic carbocycles. The van der Waals surface area contributed by atoms with Crippen LogP contribution in [0.5, 0.6) is 17.2 Å². The predicted octanol–water partition coefficient (Wildman–Crippen LogP) is 4.50. The van der Waals surface area contributed by atoms with Crippen LogP contribution in [0.2, 0.25) is 0 Å². The van der Waals surface area contributed by atoms with Gasteiger partial charge in [-0.3, -0.25) is 14.5 Å². The van der Waals surface area contributed by atoms with Gasteiger partial charge in [0.15, 0.2) is 11.5 Å². The van der Waals surface area contributed by atoms with Crippen LogP contribution in [0.4, 0.5) is 11.4 Å². The van der Waals surface area contributed by atoms with Crippen LogP contribution < -0.4 is 24.8 Å². The van der Waals surface area contributed by atoms with Gasteiger partial charge in [-0.25, -0.2) is 0 Å². The summed E-state index contributed by atoms with van der Waals surface area (Å²) in [4.78, 5) is 27.5. The predicted molar refractivity (Wildman–Crippen MR) is 137 cm³/mol. The van der Waals surface area contributed by atoms with E-state index in [0.29, 0.717) is 40.0 Å². The maximum atomic E-state index is 12.6. The number of para-hydroxylation sites is 1. The van der Waals surface area contributed by atoms with E-state index >= 15 is 0 Å². The number of nitrogens with zero attached hydrogens (tertiary/aromatic N) is 1. The Hall–Kier alpha value is -3.56. The Morgan fingerprint density at radius 3 is 2.11 bits per heavy atom. The van der Waals surface area contributed by atoms with Crippen molar-refractivity contribution in [3.8, 4) is 17.2 Å². The van der Waals surface area contributed by atoms with Crippen molar-refractivity contribution in [1.82, 2.24) is 4.90 Å². The molecule has 35 heavy (non-hydrogen) atoms. The van der Waals surface area contributed by atoms with Gasteiger partial charge in [-0.15, -0.1) is 11.3 Å². The maximum absolute atomic E-state index is 12.6. The van der Waals surface area contributed by atoms with E-state index in [2.05, 4.69) is 15.5 Å². The Balaban J connectivity index is 1.23. The van der Waals surface area contributed by atoms with Crippen molar-refractivity contribution >= 4 is 34.5 Å². The quantitative estimate of drug-likeness (QED) is 0.454. The zero-order valence-corrected chi connectivity index (χ0v) is 20.6. The second-order valence-corrected chi connectivity index (χ2v) is 9.09. The van der Waals surface area contributed by atoms with Crippen molar-refractivity contribution in [2.24, 2.45) is 0 Å². The van der Waals surface area contributed by atoms with Crippen LogP contribution in [-0.4, -0.2) is 56.7 Å². The molecule has 0 spiro atoms. The lowest BCUT2D eigenvalue weighted by molar-refractivity contribution is -0.117. The van der Waals surface area contributed by atoms with Crippen molar-refractivity contribution in [1.29, 1.82) is 0 Å². The van der Waals surface area contributed by atoms with Gasteiger partial charge in [0.05, 0.1) is 25.6 Å². The van der Waals surface area contributed by atoms with Crippen LogP contribution in [0.25, 0.3) is 0 Å². The molecular formula is C26H29N3O5S. The number of rotatable bonds is 9. The van der Waals surface area contributed by atoms with Crippen LogP contribution in [0, 0.1) is 0 Å². The van der Waals surface area contributed by atoms with E-state index in [4.69, 9.17) is 14.2 Å². The number of ether oxygens (including phenoxy) is 3. The molecule has 2 aromatic carbocycles. The molecule has 2 N–H and O–H groups in total. The number of piperidine rings is 1. The Morgan fingerprint density at radius 1 is 0.914 bits per heavy atom. The summed E-state index contributed by atoms with van der Waals surface area (Å²) in [7, 11) is 3.22. The van der Waals surface area contributed by atoms with Gasteiger partial charge in [0.2, 0.25) is 11.7 Å². The number of carbonyl (C=O) groups excluding carboxylic acids is 2. The number of methoxy groups -OCH3 is 2. The molecule has 0 saturated carbocycles. The van der Waals surface area contributed by atoms with Crippen molar-refractivity contribution in [3.63, 3.8) is 0 Å². The first-order valence-corrected chi connectivity index (χ1v) is 12.3. The molecule has 3 aromatic rings. The monoisotopic (exact) mass is 495 g/mol. The molecule has 2 amide bonds. The van der Waals surface area contributed by atoms with Crippen LogP contribution >= 0.6 is 11.3 Å². The molecule has 4 rings (SSSR count). The molecule has 2 heterocycles. The van der Waals surface area contributed by atoms with Gasteiger partial charge in [-0.1, -0.05) is 12.1 Å². The Bertz CT molecular complexity index is 1100. The van der Waals surface area contributed by atoms with E-state index in [-0.39, 0.29) is 17.9 Å². The highest BCUT2D eigenvalue weighted by Gasteiger charge is 2.24. The molecule has 1 aromatic heterocycles. The Kier molecular flexibility index (Phi) is 8.23. The largest absolute Gasteiger partial charge is 0.493 e. The molecule has 0 unspecified atom stereocenters. The molecule has 1 aliphatic heterocycles. The minimum Gasteiger partial charge on any atom is -0.493 e. The first kappa shape index (κ1) is 24.6. The summed E-state index contributed by atoms with van der Waals surface area (Å²) < 4.78 is 17.0. The van der Waals surface area contributed by atoms with Crippen molar-refractivity contribution in [2.45, 2.75) is 18.9 Å². The standard InChI is InChI=1S/C26H29N3O5S/c1-32-21-5-3-6-22(33-2)25(21)34-20-12-14-29(15-13-20)17-24(30)27-18-8-10-19(11-9-18)28-26(31)23-7-4-16-35-23/h3-11,16,20H,12-15,17H2,1-2H3,(H,27,30)(H,28,31). The summed E-state index contributed by atoms with van der Waals surface area (Å²) >= 11 is 1.39. The number of carbonyl (C=O) groups is 2. The summed E-state index contributed by atoms with van der Waals surface area (Å²) in [5, 5.41) is 7.63. The van der Waals surface area contributed by atoms with Crippen molar-refractivity contribution in [2.75, 3.05) is 44.5 Å². The van der Waals surface area contributed by atoms with E-state index in [9.17, 15) is 9.59 Å². The third kappa shape index (κ3) is 6.52. The van der Waals surface area contributed by atoms with Gasteiger partial charge in [-0.2, -0.15) is 0 Å². The second-order valence-electron chi connectivity index (χ2n) is 8.14. The van der Waals surface area contributed by atoms with Gasteiger partial charge in [0.25, 0.3) is 5.91 Å². The summed E-state index contributed by atoms with van der Waals surface area (Å²) in [6.45, 7) is 1.81. The van der Waals surface area contributed by atoms with Crippen LogP contribution in [0.1, 0.15) is 22.5 Å². The van der Waals surface area contributed by atoms with Crippen molar-refractivity contribution in [3.05, 3.63) is 64.9 Å². The van der Waals surface area contributed by atoms with Crippen LogP contribution in [0.3, 0.4) is 0 Å². The van der Waals surface area contributed by atoms with Gasteiger partial charge in [-0.05, 0) is 60.7 Å². The molecule has 1 aliphatic rings. The lowest BCUT2D eigenvalue weighted by Crippen LogP contribution is -2.42. The molecule has 9 heteroatoms. The molecule has 1 saturated heterocycles. The highest BCUT2D eigenvalue weighted by atomic mass is 32.1. The summed E-state index contributed by atoms with van der Waals surface area (Å²) in [5.41, 5.74) is 1.36. The number of benzene rings is 2. The zero-order chi connectivity index (χ0) is 24.6. The van der Waals surface area contributed by atoms with Crippen LogP contribution in [0.15, 0.2) is 60.0 Å². The number of thiophene rings is 1. The first-order valence-electron chi connectivity index (χ1n) is 11.4. The normalized spacial score (nSPS) is 14.2. The summed E-state index contributed by atoms with van der Waals surface area (Å²) in [5.74, 6) is 1.68. The smallest absolute Gasteiger partial charge is 0.265 e. The van der Waals surface area contributed by atoms with Gasteiger partial charge in [0, 0.05) is 24.5 Å². The number of nitrogens with one attached hydrogen (secondary N) is 2. The fourth-order valence-electron chi connectivity index (χ4n) is 3.93. The van der Waals surface area contributed by atoms with E-state index in [1.807, 2.05) is 29.6 Å². The van der Waals surface area contributed by atoms with Gasteiger partial charge < -0.3 is 24.8 Å². The lowest BCUT2D eigenvalue weighted by Gasteiger charge is -2.32. The Morgan fingerprint density at radius 2 is 1.54 bits per heavy atom. The fraction of sp³-hybridized carbons (Fsp3) is 0.308. The minimum absolute atomic E-state index is 0.0245. The topological polar surface area (TPSA) is 89.1 Å². The van der Waals surface area contributed by atoms with E-state index in [0.717, 1.165) is 25.9 Å². The Labute approximate surface area is 208 Å². The lowest BCUT2D eigenvalue weighted by atomic mass is 10.1. The second kappa shape index (κ2) is 11.7. The van der Waals surface area contributed by atoms with E-state index in [1.165, 1.54) is 11.3 Å². The number of hydrogen-bond donors (Lipinski definition) is 2. The van der Waals surface area contributed by atoms with Crippen molar-refractivity contribution < 1.29 is 23.8 Å². The maximum Gasteiger partial charge on any atom is 0.265 e. The van der Waals surface area contributed by atoms with Gasteiger partial charge in [0.1, 0.15) is 6.10 Å². The third-order valence-electron chi connectivity index (χ3n) is 5.74. The number of likely N-dealkylation sites (tertiary alicyclic amines) is 1. The molecular weight excluding hydrogens is 466 g/mol. The fourth-order valence-corrected chi connectivity index (χ4v) is 4.55.